The minimum atomic E-state index is -0.332. The summed E-state index contributed by atoms with van der Waals surface area (Å²) >= 11 is 6.10. The van der Waals surface area contributed by atoms with Crippen LogP contribution in [0, 0.1) is 0 Å². The third-order valence-electron chi connectivity index (χ3n) is 5.48. The Morgan fingerprint density at radius 2 is 2.00 bits per heavy atom. The van der Waals surface area contributed by atoms with Crippen molar-refractivity contribution < 1.29 is 14.3 Å². The molecule has 2 amide bonds. The number of methoxy groups -OCH3 is 2. The van der Waals surface area contributed by atoms with Gasteiger partial charge in [-0.3, -0.25) is 4.90 Å². The molecule has 0 radical (unpaired) electrons. The Balaban J connectivity index is 1.70. The highest BCUT2D eigenvalue weighted by molar-refractivity contribution is 6.30. The first kappa shape index (κ1) is 22.0. The van der Waals surface area contributed by atoms with Crippen LogP contribution in [0.15, 0.2) is 42.5 Å². The third-order valence-corrected chi connectivity index (χ3v) is 5.72. The Kier molecular flexibility index (Phi) is 6.80. The van der Waals surface area contributed by atoms with E-state index in [1.807, 2.05) is 0 Å². The molecule has 2 aromatic carbocycles. The van der Waals surface area contributed by atoms with Gasteiger partial charge in [0.05, 0.1) is 26.5 Å². The Morgan fingerprint density at radius 1 is 1.12 bits per heavy atom. The Morgan fingerprint density at radius 3 is 2.78 bits per heavy atom. The number of aryl methyl sites for hydroxylation is 1. The molecule has 1 aromatic heterocycles. The largest absolute Gasteiger partial charge is 0.497 e. The number of hydrogen-bond donors (Lipinski definition) is 1. The predicted octanol–water partition coefficient (Wildman–Crippen LogP) is 4.91. The van der Waals surface area contributed by atoms with Crippen LogP contribution in [0.4, 0.5) is 16.2 Å². The second-order valence-corrected chi connectivity index (χ2v) is 8.00. The van der Waals surface area contributed by atoms with Crippen LogP contribution in [-0.4, -0.2) is 35.0 Å². The van der Waals surface area contributed by atoms with Gasteiger partial charge in [-0.05, 0) is 43.2 Å². The standard InChI is InChI=1S/C23H26ClN5O3/c1-31-18-10-11-19(20(14-18)32-2)29(23(30)25-17-8-6-7-16(24)13-17)15-22-27-26-21-9-4-3-5-12-28(21)22/h6-8,10-11,13-14H,3-5,9,12,15H2,1-2H3,(H,25,30). The van der Waals surface area contributed by atoms with Crippen LogP contribution in [-0.2, 0) is 19.5 Å². The molecule has 1 aliphatic heterocycles. The summed E-state index contributed by atoms with van der Waals surface area (Å²) in [5.74, 6) is 2.86. The van der Waals surface area contributed by atoms with E-state index < -0.39 is 0 Å². The van der Waals surface area contributed by atoms with Gasteiger partial charge in [-0.1, -0.05) is 24.1 Å². The van der Waals surface area contributed by atoms with Crippen molar-refractivity contribution in [3.8, 4) is 11.5 Å². The van der Waals surface area contributed by atoms with Crippen molar-refractivity contribution in [3.05, 3.63) is 59.1 Å². The van der Waals surface area contributed by atoms with Crippen molar-refractivity contribution in [1.29, 1.82) is 0 Å². The zero-order valence-electron chi connectivity index (χ0n) is 18.2. The van der Waals surface area contributed by atoms with Gasteiger partial charge < -0.3 is 19.4 Å². The molecule has 4 rings (SSSR count). The molecule has 3 aromatic rings. The summed E-state index contributed by atoms with van der Waals surface area (Å²) in [7, 11) is 3.15. The fourth-order valence-electron chi connectivity index (χ4n) is 3.84. The molecule has 8 nitrogen and oxygen atoms in total. The van der Waals surface area contributed by atoms with Crippen LogP contribution in [0.5, 0.6) is 11.5 Å². The molecule has 0 unspecified atom stereocenters. The number of nitrogens with zero attached hydrogens (tertiary/aromatic N) is 4. The van der Waals surface area contributed by atoms with E-state index in [0.29, 0.717) is 27.9 Å². The van der Waals surface area contributed by atoms with E-state index in [1.54, 1.807) is 61.6 Å². The molecular formula is C23H26ClN5O3. The van der Waals surface area contributed by atoms with Crippen LogP contribution in [0.2, 0.25) is 5.02 Å². The molecule has 168 valence electrons. The van der Waals surface area contributed by atoms with Gasteiger partial charge in [-0.2, -0.15) is 0 Å². The molecule has 2 heterocycles. The molecule has 9 heteroatoms. The van der Waals surface area contributed by atoms with E-state index in [1.165, 1.54) is 0 Å². The second kappa shape index (κ2) is 9.91. The first-order valence-corrected chi connectivity index (χ1v) is 10.9. The maximum atomic E-state index is 13.4. The van der Waals surface area contributed by atoms with E-state index in [0.717, 1.165) is 43.9 Å². The number of benzene rings is 2. The molecule has 0 aliphatic carbocycles. The number of aromatic nitrogens is 3. The van der Waals surface area contributed by atoms with Gasteiger partial charge in [-0.15, -0.1) is 10.2 Å². The van der Waals surface area contributed by atoms with Crippen molar-refractivity contribution in [2.75, 3.05) is 24.4 Å². The number of carbonyl (C=O) groups is 1. The molecule has 32 heavy (non-hydrogen) atoms. The Labute approximate surface area is 192 Å². The van der Waals surface area contributed by atoms with Crippen LogP contribution < -0.4 is 19.7 Å². The molecule has 0 fully saturated rings. The zero-order chi connectivity index (χ0) is 22.5. The number of rotatable bonds is 6. The molecule has 1 N–H and O–H groups in total. The minimum Gasteiger partial charge on any atom is -0.497 e. The average molecular weight is 456 g/mol. The van der Waals surface area contributed by atoms with Crippen LogP contribution in [0.25, 0.3) is 0 Å². The van der Waals surface area contributed by atoms with Crippen LogP contribution in [0.1, 0.15) is 30.9 Å². The summed E-state index contributed by atoms with van der Waals surface area (Å²) in [6.07, 6.45) is 4.23. The third kappa shape index (κ3) is 4.80. The number of ether oxygens (including phenoxy) is 2. The topological polar surface area (TPSA) is 81.5 Å². The molecular weight excluding hydrogens is 430 g/mol. The number of halogens is 1. The lowest BCUT2D eigenvalue weighted by Crippen LogP contribution is -2.36. The number of anilines is 2. The minimum absolute atomic E-state index is 0.238. The summed E-state index contributed by atoms with van der Waals surface area (Å²) < 4.78 is 13.0. The lowest BCUT2D eigenvalue weighted by molar-refractivity contribution is 0.256. The van der Waals surface area contributed by atoms with Crippen molar-refractivity contribution in [3.63, 3.8) is 0 Å². The van der Waals surface area contributed by atoms with Crippen molar-refractivity contribution in [1.82, 2.24) is 14.8 Å². The van der Waals surface area contributed by atoms with E-state index in [9.17, 15) is 4.79 Å². The summed E-state index contributed by atoms with van der Waals surface area (Å²) in [6, 6.07) is 12.0. The maximum Gasteiger partial charge on any atom is 0.326 e. The van der Waals surface area contributed by atoms with E-state index in [-0.39, 0.29) is 12.6 Å². The molecule has 1 aliphatic rings. The smallest absolute Gasteiger partial charge is 0.326 e. The highest BCUT2D eigenvalue weighted by Crippen LogP contribution is 2.34. The monoisotopic (exact) mass is 455 g/mol. The number of carbonyl (C=O) groups excluding carboxylic acids is 1. The molecule has 0 saturated carbocycles. The normalized spacial score (nSPS) is 13.1. The van der Waals surface area contributed by atoms with Gasteiger partial charge in [0.25, 0.3) is 0 Å². The summed E-state index contributed by atoms with van der Waals surface area (Å²) in [5.41, 5.74) is 1.19. The van der Waals surface area contributed by atoms with Gasteiger partial charge in [0.15, 0.2) is 5.82 Å². The molecule has 0 saturated heterocycles. The second-order valence-electron chi connectivity index (χ2n) is 7.56. The number of fused-ring (bicyclic) bond motifs is 1. The van der Waals surface area contributed by atoms with Gasteiger partial charge in [0.1, 0.15) is 17.3 Å². The quantitative estimate of drug-likeness (QED) is 0.570. The highest BCUT2D eigenvalue weighted by Gasteiger charge is 2.25. The average Bonchev–Trinajstić information content (AvgIpc) is 3.02. The number of nitrogens with one attached hydrogen (secondary N) is 1. The first-order chi connectivity index (χ1) is 15.6. The SMILES string of the molecule is COc1ccc(N(Cc2nnc3n2CCCCC3)C(=O)Nc2cccc(Cl)c2)c(OC)c1. The number of hydrogen-bond acceptors (Lipinski definition) is 5. The van der Waals surface area contributed by atoms with Gasteiger partial charge in [0, 0.05) is 29.7 Å². The lowest BCUT2D eigenvalue weighted by Gasteiger charge is -2.25. The molecule has 0 spiro atoms. The fourth-order valence-corrected chi connectivity index (χ4v) is 4.03. The van der Waals surface area contributed by atoms with Crippen LogP contribution >= 0.6 is 11.6 Å². The maximum absolute atomic E-state index is 13.4. The van der Waals surface area contributed by atoms with E-state index in [4.69, 9.17) is 21.1 Å². The van der Waals surface area contributed by atoms with Gasteiger partial charge in [0.2, 0.25) is 0 Å². The number of amides is 2. The summed E-state index contributed by atoms with van der Waals surface area (Å²) in [4.78, 5) is 15.0. The summed E-state index contributed by atoms with van der Waals surface area (Å²) in [5, 5.41) is 12.2. The van der Waals surface area contributed by atoms with E-state index >= 15 is 0 Å². The Hall–Kier alpha value is -3.26. The highest BCUT2D eigenvalue weighted by atomic mass is 35.5. The summed E-state index contributed by atoms with van der Waals surface area (Å²) in [6.45, 7) is 1.09. The number of urea groups is 1. The van der Waals surface area contributed by atoms with Gasteiger partial charge >= 0.3 is 6.03 Å². The first-order valence-electron chi connectivity index (χ1n) is 10.6. The molecule has 0 bridgehead atoms. The van der Waals surface area contributed by atoms with Crippen molar-refractivity contribution in [2.24, 2.45) is 0 Å². The van der Waals surface area contributed by atoms with Crippen molar-refractivity contribution >= 4 is 29.0 Å². The van der Waals surface area contributed by atoms with E-state index in [2.05, 4.69) is 20.1 Å². The Bertz CT molecular complexity index is 1100. The van der Waals surface area contributed by atoms with Crippen LogP contribution in [0.3, 0.4) is 0 Å². The zero-order valence-corrected chi connectivity index (χ0v) is 18.9. The predicted molar refractivity (Wildman–Crippen MR) is 124 cm³/mol. The van der Waals surface area contributed by atoms with Crippen molar-refractivity contribution in [2.45, 2.75) is 38.8 Å². The fraction of sp³-hybridized carbons (Fsp3) is 0.348. The van der Waals surface area contributed by atoms with Gasteiger partial charge in [-0.25, -0.2) is 4.79 Å². The lowest BCUT2D eigenvalue weighted by atomic mass is 10.2. The molecule has 0 atom stereocenters.